The third-order valence-electron chi connectivity index (χ3n) is 1.69. The van der Waals surface area contributed by atoms with Crippen LogP contribution in [0, 0.1) is 12.9 Å². The second kappa shape index (κ2) is 5.11. The number of aromatic nitrogens is 3. The lowest BCUT2D eigenvalue weighted by molar-refractivity contribution is 0.584. The predicted molar refractivity (Wildman–Crippen MR) is 52.1 cm³/mol. The van der Waals surface area contributed by atoms with E-state index in [1.54, 1.807) is 18.3 Å². The summed E-state index contributed by atoms with van der Waals surface area (Å²) in [5, 5.41) is 0. The number of halogens is 1. The van der Waals surface area contributed by atoms with Crippen molar-refractivity contribution in [3.8, 4) is 0 Å². The Labute approximate surface area is 82.2 Å². The number of rotatable bonds is 0. The monoisotopic (exact) mass is 193 g/mol. The van der Waals surface area contributed by atoms with Gasteiger partial charge in [0.2, 0.25) is 5.95 Å². The van der Waals surface area contributed by atoms with Gasteiger partial charge < -0.3 is 4.57 Å². The summed E-state index contributed by atoms with van der Waals surface area (Å²) in [6.07, 6.45) is 5.12. The number of hydrogen-bond donors (Lipinski definition) is 0. The van der Waals surface area contributed by atoms with E-state index in [0.29, 0.717) is 0 Å². The molecule has 0 spiro atoms. The fourth-order valence-corrected chi connectivity index (χ4v) is 0.782. The van der Waals surface area contributed by atoms with E-state index in [1.165, 1.54) is 12.3 Å². The topological polar surface area (TPSA) is 30.7 Å². The van der Waals surface area contributed by atoms with E-state index in [-0.39, 0.29) is 0 Å². The van der Waals surface area contributed by atoms with Gasteiger partial charge in [0.25, 0.3) is 0 Å². The average molecular weight is 193 g/mol. The third-order valence-corrected chi connectivity index (χ3v) is 1.69. The number of pyridine rings is 1. The molecule has 0 aliphatic carbocycles. The van der Waals surface area contributed by atoms with E-state index in [2.05, 4.69) is 9.97 Å². The molecule has 0 radical (unpaired) electrons. The normalized spacial score (nSPS) is 9.07. The Bertz CT molecular complexity index is 353. The van der Waals surface area contributed by atoms with Crippen molar-refractivity contribution in [2.45, 2.75) is 6.92 Å². The van der Waals surface area contributed by atoms with Crippen molar-refractivity contribution in [1.82, 2.24) is 14.5 Å². The second-order valence-corrected chi connectivity index (χ2v) is 2.74. The zero-order valence-electron chi connectivity index (χ0n) is 8.18. The van der Waals surface area contributed by atoms with E-state index in [9.17, 15) is 4.39 Å². The summed E-state index contributed by atoms with van der Waals surface area (Å²) in [6.45, 7) is 1.97. The molecule has 2 heterocycles. The maximum absolute atomic E-state index is 11.8. The first-order valence-corrected chi connectivity index (χ1v) is 4.20. The first-order valence-electron chi connectivity index (χ1n) is 4.20. The molecule has 0 saturated carbocycles. The minimum absolute atomic E-state index is 0.428. The van der Waals surface area contributed by atoms with Crippen LogP contribution in [0.4, 0.5) is 4.39 Å². The minimum atomic E-state index is -0.428. The molecule has 0 unspecified atom stereocenters. The van der Waals surface area contributed by atoms with Crippen LogP contribution in [0.5, 0.6) is 0 Å². The van der Waals surface area contributed by atoms with E-state index < -0.39 is 5.95 Å². The molecule has 0 aliphatic rings. The lowest BCUT2D eigenvalue weighted by Crippen LogP contribution is -1.86. The molecule has 2 rings (SSSR count). The molecule has 4 heteroatoms. The zero-order valence-corrected chi connectivity index (χ0v) is 8.18. The van der Waals surface area contributed by atoms with Crippen molar-refractivity contribution in [1.29, 1.82) is 0 Å². The van der Waals surface area contributed by atoms with Crippen LogP contribution < -0.4 is 0 Å². The average Bonchev–Trinajstić information content (AvgIpc) is 2.53. The van der Waals surface area contributed by atoms with Crippen LogP contribution in [0.2, 0.25) is 0 Å². The molecule has 0 saturated heterocycles. The summed E-state index contributed by atoms with van der Waals surface area (Å²) in [7, 11) is 1.97. The lowest BCUT2D eigenvalue weighted by Gasteiger charge is -1.87. The van der Waals surface area contributed by atoms with Gasteiger partial charge in [-0.3, -0.25) is 0 Å². The van der Waals surface area contributed by atoms with Crippen LogP contribution in [0.15, 0.2) is 36.8 Å². The van der Waals surface area contributed by atoms with Crippen molar-refractivity contribution in [3.05, 3.63) is 48.6 Å². The standard InChI is InChI=1S/C5H4FN.C5H8N2/c6-5-3-1-2-4-7-5;1-5-6-3-4-7(5)2/h1-4H;3-4H,1-2H3. The van der Waals surface area contributed by atoms with Gasteiger partial charge in [0.15, 0.2) is 0 Å². The molecule has 0 N–H and O–H groups in total. The highest BCUT2D eigenvalue weighted by atomic mass is 19.1. The van der Waals surface area contributed by atoms with Crippen LogP contribution >= 0.6 is 0 Å². The fourth-order valence-electron chi connectivity index (χ4n) is 0.782. The highest BCUT2D eigenvalue weighted by Crippen LogP contribution is 1.87. The highest BCUT2D eigenvalue weighted by Gasteiger charge is 1.83. The van der Waals surface area contributed by atoms with Crippen LogP contribution in [-0.2, 0) is 7.05 Å². The van der Waals surface area contributed by atoms with Gasteiger partial charge in [0.05, 0.1) is 0 Å². The quantitative estimate of drug-likeness (QED) is 0.599. The summed E-state index contributed by atoms with van der Waals surface area (Å²) in [6, 6.07) is 4.57. The number of aryl methyl sites for hydroxylation is 2. The fraction of sp³-hybridized carbons (Fsp3) is 0.200. The zero-order chi connectivity index (χ0) is 10.4. The van der Waals surface area contributed by atoms with E-state index >= 15 is 0 Å². The minimum Gasteiger partial charge on any atom is -0.338 e. The van der Waals surface area contributed by atoms with Gasteiger partial charge >= 0.3 is 0 Å². The maximum Gasteiger partial charge on any atom is 0.212 e. The lowest BCUT2D eigenvalue weighted by atomic mass is 10.5. The van der Waals surface area contributed by atoms with Crippen molar-refractivity contribution < 1.29 is 4.39 Å². The van der Waals surface area contributed by atoms with Crippen molar-refractivity contribution in [3.63, 3.8) is 0 Å². The summed E-state index contributed by atoms with van der Waals surface area (Å²) in [5.41, 5.74) is 0. The Morgan fingerprint density at radius 1 is 1.21 bits per heavy atom. The number of imidazole rings is 1. The molecule has 3 nitrogen and oxygen atoms in total. The molecule has 14 heavy (non-hydrogen) atoms. The molecule has 0 atom stereocenters. The maximum atomic E-state index is 11.8. The summed E-state index contributed by atoms with van der Waals surface area (Å²) < 4.78 is 13.8. The molecular weight excluding hydrogens is 181 g/mol. The van der Waals surface area contributed by atoms with E-state index in [0.717, 1.165) is 5.82 Å². The van der Waals surface area contributed by atoms with E-state index in [1.807, 2.05) is 24.7 Å². The third kappa shape index (κ3) is 3.35. The molecule has 0 aliphatic heterocycles. The summed E-state index contributed by atoms with van der Waals surface area (Å²) in [5.74, 6) is 0.627. The van der Waals surface area contributed by atoms with Crippen molar-refractivity contribution in [2.75, 3.05) is 0 Å². The van der Waals surface area contributed by atoms with Gasteiger partial charge in [0, 0.05) is 25.6 Å². The van der Waals surface area contributed by atoms with Crippen LogP contribution in [0.1, 0.15) is 5.82 Å². The van der Waals surface area contributed by atoms with Gasteiger partial charge in [0.1, 0.15) is 5.82 Å². The largest absolute Gasteiger partial charge is 0.338 e. The Morgan fingerprint density at radius 3 is 2.21 bits per heavy atom. The predicted octanol–water partition coefficient (Wildman–Crippen LogP) is 1.95. The molecule has 74 valence electrons. The smallest absolute Gasteiger partial charge is 0.212 e. The van der Waals surface area contributed by atoms with Gasteiger partial charge in [-0.2, -0.15) is 4.39 Å². The van der Waals surface area contributed by atoms with Gasteiger partial charge in [-0.1, -0.05) is 6.07 Å². The Hall–Kier alpha value is -1.71. The Balaban J connectivity index is 0.000000140. The summed E-state index contributed by atoms with van der Waals surface area (Å²) in [4.78, 5) is 7.29. The Morgan fingerprint density at radius 2 is 2.00 bits per heavy atom. The first kappa shape index (κ1) is 10.4. The van der Waals surface area contributed by atoms with Gasteiger partial charge in [-0.25, -0.2) is 9.97 Å². The molecule has 0 aromatic carbocycles. The van der Waals surface area contributed by atoms with Crippen molar-refractivity contribution >= 4 is 0 Å². The molecule has 2 aromatic heterocycles. The highest BCUT2D eigenvalue weighted by molar-refractivity contribution is 4.90. The molecule has 0 bridgehead atoms. The Kier molecular flexibility index (Phi) is 3.79. The number of hydrogen-bond acceptors (Lipinski definition) is 2. The number of nitrogens with zero attached hydrogens (tertiary/aromatic N) is 3. The van der Waals surface area contributed by atoms with Gasteiger partial charge in [-0.15, -0.1) is 0 Å². The van der Waals surface area contributed by atoms with Crippen molar-refractivity contribution in [2.24, 2.45) is 7.05 Å². The molecular formula is C10H12FN3. The second-order valence-electron chi connectivity index (χ2n) is 2.74. The summed E-state index contributed by atoms with van der Waals surface area (Å²) >= 11 is 0. The SMILES string of the molecule is Cc1nccn1C.Fc1ccccn1. The van der Waals surface area contributed by atoms with Crippen LogP contribution in [0.25, 0.3) is 0 Å². The molecule has 0 fully saturated rings. The first-order chi connectivity index (χ1) is 6.70. The van der Waals surface area contributed by atoms with Crippen LogP contribution in [0.3, 0.4) is 0 Å². The van der Waals surface area contributed by atoms with Gasteiger partial charge in [-0.05, 0) is 19.1 Å². The van der Waals surface area contributed by atoms with Crippen LogP contribution in [-0.4, -0.2) is 14.5 Å². The molecule has 2 aromatic rings. The van der Waals surface area contributed by atoms with E-state index in [4.69, 9.17) is 0 Å². The molecule has 0 amide bonds.